The number of hydrogen-bond donors (Lipinski definition) is 0. The summed E-state index contributed by atoms with van der Waals surface area (Å²) in [5.74, 6) is 0. The van der Waals surface area contributed by atoms with Gasteiger partial charge in [0.15, 0.2) is 0 Å². The lowest BCUT2D eigenvalue weighted by molar-refractivity contribution is 0.187. The molecule has 1 heterocycles. The Morgan fingerprint density at radius 2 is 2.67 bits per heavy atom. The molecule has 0 unspecified atom stereocenters. The lowest BCUT2D eigenvalue weighted by atomic mass is 10.5. The van der Waals surface area contributed by atoms with E-state index in [-0.39, 0.29) is 0 Å². The van der Waals surface area contributed by atoms with E-state index in [4.69, 9.17) is 16.3 Å². The maximum Gasteiger partial charge on any atom is 0.143 e. The fourth-order valence-electron chi connectivity index (χ4n) is 0.498. The summed E-state index contributed by atoms with van der Waals surface area (Å²) in [4.78, 5) is 1.06. The van der Waals surface area contributed by atoms with Gasteiger partial charge in [0.1, 0.15) is 5.15 Å². The summed E-state index contributed by atoms with van der Waals surface area (Å²) < 4.78 is 8.72. The molecule has 0 aromatic carbocycles. The molecule has 2 nitrogen and oxygen atoms in total. The molecule has 0 aliphatic rings. The fraction of sp³-hybridized carbons (Fsp3) is 0.400. The van der Waals surface area contributed by atoms with Crippen LogP contribution in [0.25, 0.3) is 0 Å². The summed E-state index contributed by atoms with van der Waals surface area (Å²) >= 11 is 6.91. The summed E-state index contributed by atoms with van der Waals surface area (Å²) in [6.45, 7) is 0.602. The van der Waals surface area contributed by atoms with Crippen LogP contribution in [0.15, 0.2) is 6.07 Å². The van der Waals surface area contributed by atoms with Gasteiger partial charge in [0.05, 0.1) is 11.5 Å². The first-order valence-electron chi connectivity index (χ1n) is 2.43. The summed E-state index contributed by atoms with van der Waals surface area (Å²) in [7, 11) is 1.65. The monoisotopic (exact) mass is 163 g/mol. The molecule has 0 bridgehead atoms. The van der Waals surface area contributed by atoms with E-state index in [1.165, 1.54) is 11.5 Å². The van der Waals surface area contributed by atoms with Crippen molar-refractivity contribution >= 4 is 23.1 Å². The van der Waals surface area contributed by atoms with Gasteiger partial charge in [-0.2, -0.15) is 4.37 Å². The third-order valence-corrected chi connectivity index (χ3v) is 1.87. The van der Waals surface area contributed by atoms with Gasteiger partial charge >= 0.3 is 0 Å². The molecule has 50 valence electrons. The Morgan fingerprint density at radius 3 is 3.11 bits per heavy atom. The van der Waals surface area contributed by atoms with E-state index in [1.54, 1.807) is 13.2 Å². The van der Waals surface area contributed by atoms with E-state index in [9.17, 15) is 0 Å². The van der Waals surface area contributed by atoms with Crippen molar-refractivity contribution in [3.05, 3.63) is 16.1 Å². The number of hydrogen-bond acceptors (Lipinski definition) is 3. The van der Waals surface area contributed by atoms with Crippen LogP contribution < -0.4 is 0 Å². The minimum Gasteiger partial charge on any atom is -0.379 e. The van der Waals surface area contributed by atoms with Crippen LogP contribution in [0.2, 0.25) is 5.15 Å². The average Bonchev–Trinajstić information content (AvgIpc) is 2.17. The van der Waals surface area contributed by atoms with Crippen molar-refractivity contribution in [2.45, 2.75) is 6.61 Å². The van der Waals surface area contributed by atoms with E-state index in [0.29, 0.717) is 11.8 Å². The maximum atomic E-state index is 5.54. The average molecular weight is 164 g/mol. The number of nitrogens with zero attached hydrogens (tertiary/aromatic N) is 1. The lowest BCUT2D eigenvalue weighted by Gasteiger charge is -1.87. The van der Waals surface area contributed by atoms with Crippen LogP contribution in [0.5, 0.6) is 0 Å². The predicted octanol–water partition coefficient (Wildman–Crippen LogP) is 1.94. The zero-order chi connectivity index (χ0) is 6.69. The molecule has 0 saturated carbocycles. The SMILES string of the molecule is COCc1cc(Cl)ns1. The van der Waals surface area contributed by atoms with E-state index >= 15 is 0 Å². The Labute approximate surface area is 62.6 Å². The van der Waals surface area contributed by atoms with Crippen LogP contribution in [0.4, 0.5) is 0 Å². The molecule has 0 radical (unpaired) electrons. The molecular formula is C5H6ClNOS. The van der Waals surface area contributed by atoms with Gasteiger partial charge in [-0.25, -0.2) is 0 Å². The van der Waals surface area contributed by atoms with Crippen molar-refractivity contribution in [1.82, 2.24) is 4.37 Å². The zero-order valence-electron chi connectivity index (χ0n) is 4.93. The standard InChI is InChI=1S/C5H6ClNOS/c1-8-3-4-2-5(6)7-9-4/h2H,3H2,1H3. The number of halogens is 1. The quantitative estimate of drug-likeness (QED) is 0.665. The largest absolute Gasteiger partial charge is 0.379 e. The highest BCUT2D eigenvalue weighted by atomic mass is 35.5. The number of rotatable bonds is 2. The molecule has 0 amide bonds. The van der Waals surface area contributed by atoms with E-state index in [1.807, 2.05) is 0 Å². The molecule has 0 spiro atoms. The predicted molar refractivity (Wildman–Crippen MR) is 37.8 cm³/mol. The van der Waals surface area contributed by atoms with Crippen molar-refractivity contribution in [3.8, 4) is 0 Å². The van der Waals surface area contributed by atoms with Crippen LogP contribution >= 0.6 is 23.1 Å². The van der Waals surface area contributed by atoms with Gasteiger partial charge in [-0.1, -0.05) is 11.6 Å². The maximum absolute atomic E-state index is 5.54. The molecule has 0 aliphatic heterocycles. The molecule has 1 aromatic rings. The Balaban J connectivity index is 2.61. The molecule has 0 saturated heterocycles. The first-order valence-corrected chi connectivity index (χ1v) is 3.58. The molecule has 0 aliphatic carbocycles. The third-order valence-electron chi connectivity index (χ3n) is 0.817. The highest BCUT2D eigenvalue weighted by molar-refractivity contribution is 7.06. The van der Waals surface area contributed by atoms with E-state index in [0.717, 1.165) is 4.88 Å². The Hall–Kier alpha value is -0.120. The molecule has 0 fully saturated rings. The Kier molecular flexibility index (Phi) is 2.45. The molecule has 1 rings (SSSR count). The molecule has 9 heavy (non-hydrogen) atoms. The van der Waals surface area contributed by atoms with Crippen LogP contribution in [-0.2, 0) is 11.3 Å². The smallest absolute Gasteiger partial charge is 0.143 e. The summed E-state index contributed by atoms with van der Waals surface area (Å²) in [5, 5.41) is 0.548. The zero-order valence-corrected chi connectivity index (χ0v) is 6.50. The van der Waals surface area contributed by atoms with Crippen LogP contribution in [-0.4, -0.2) is 11.5 Å². The summed E-state index contributed by atoms with van der Waals surface area (Å²) in [6.07, 6.45) is 0. The van der Waals surface area contributed by atoms with E-state index in [2.05, 4.69) is 4.37 Å². The number of methoxy groups -OCH3 is 1. The van der Waals surface area contributed by atoms with Crippen LogP contribution in [0.3, 0.4) is 0 Å². The highest BCUT2D eigenvalue weighted by Gasteiger charge is 1.96. The van der Waals surface area contributed by atoms with Gasteiger partial charge in [-0.3, -0.25) is 0 Å². The van der Waals surface area contributed by atoms with Crippen molar-refractivity contribution in [1.29, 1.82) is 0 Å². The molecule has 1 aromatic heterocycles. The van der Waals surface area contributed by atoms with Crippen molar-refractivity contribution in [2.75, 3.05) is 7.11 Å². The topological polar surface area (TPSA) is 22.1 Å². The first-order chi connectivity index (χ1) is 4.33. The molecule has 0 N–H and O–H groups in total. The van der Waals surface area contributed by atoms with Crippen molar-refractivity contribution < 1.29 is 4.74 Å². The van der Waals surface area contributed by atoms with E-state index < -0.39 is 0 Å². The number of aromatic nitrogens is 1. The van der Waals surface area contributed by atoms with Crippen LogP contribution in [0.1, 0.15) is 4.88 Å². The van der Waals surface area contributed by atoms with Gasteiger partial charge in [-0.15, -0.1) is 0 Å². The molecule has 0 atom stereocenters. The van der Waals surface area contributed by atoms with Gasteiger partial charge in [-0.05, 0) is 17.6 Å². The minimum absolute atomic E-state index is 0.548. The lowest BCUT2D eigenvalue weighted by Crippen LogP contribution is -1.79. The first kappa shape index (κ1) is 6.99. The molecular weight excluding hydrogens is 158 g/mol. The van der Waals surface area contributed by atoms with Crippen molar-refractivity contribution in [3.63, 3.8) is 0 Å². The van der Waals surface area contributed by atoms with Gasteiger partial charge in [0.25, 0.3) is 0 Å². The summed E-state index contributed by atoms with van der Waals surface area (Å²) in [6, 6.07) is 1.80. The normalized spacial score (nSPS) is 10.0. The Bertz CT molecular complexity index is 189. The second kappa shape index (κ2) is 3.15. The summed E-state index contributed by atoms with van der Waals surface area (Å²) in [5.41, 5.74) is 0. The Morgan fingerprint density at radius 1 is 1.89 bits per heavy atom. The van der Waals surface area contributed by atoms with Crippen molar-refractivity contribution in [2.24, 2.45) is 0 Å². The second-order valence-electron chi connectivity index (χ2n) is 1.55. The second-order valence-corrected chi connectivity index (χ2v) is 2.83. The number of ether oxygens (including phenoxy) is 1. The highest BCUT2D eigenvalue weighted by Crippen LogP contribution is 2.14. The van der Waals surface area contributed by atoms with Crippen LogP contribution in [0, 0.1) is 0 Å². The van der Waals surface area contributed by atoms with Gasteiger partial charge in [0.2, 0.25) is 0 Å². The third kappa shape index (κ3) is 1.93. The van der Waals surface area contributed by atoms with Gasteiger partial charge in [0, 0.05) is 7.11 Å². The van der Waals surface area contributed by atoms with Gasteiger partial charge < -0.3 is 4.74 Å². The molecule has 4 heteroatoms. The fourth-order valence-corrected chi connectivity index (χ4v) is 1.39. The minimum atomic E-state index is 0.548.